The van der Waals surface area contributed by atoms with Crippen molar-refractivity contribution in [3.63, 3.8) is 0 Å². The summed E-state index contributed by atoms with van der Waals surface area (Å²) < 4.78 is 32.6. The minimum Gasteiger partial charge on any atom is -0.461 e. The van der Waals surface area contributed by atoms with E-state index in [0.717, 1.165) is 34.6 Å². The monoisotopic (exact) mass is 451 g/mol. The molecule has 4 rings (SSSR count). The summed E-state index contributed by atoms with van der Waals surface area (Å²) in [6.07, 6.45) is 7.50. The maximum atomic E-state index is 12.7. The third-order valence-corrected chi connectivity index (χ3v) is 7.63. The Morgan fingerprint density at radius 2 is 1.88 bits per heavy atom. The van der Waals surface area contributed by atoms with Gasteiger partial charge in [-0.15, -0.1) is 0 Å². The van der Waals surface area contributed by atoms with Crippen LogP contribution in [0.1, 0.15) is 43.2 Å². The van der Waals surface area contributed by atoms with E-state index >= 15 is 0 Å². The van der Waals surface area contributed by atoms with Gasteiger partial charge in [0.1, 0.15) is 17.8 Å². The van der Waals surface area contributed by atoms with E-state index in [-0.39, 0.29) is 10.8 Å². The molecule has 32 heavy (non-hydrogen) atoms. The molecule has 0 N–H and O–H groups in total. The van der Waals surface area contributed by atoms with Gasteiger partial charge in [-0.1, -0.05) is 25.6 Å². The first-order valence-electron chi connectivity index (χ1n) is 11.0. The van der Waals surface area contributed by atoms with E-state index in [9.17, 15) is 8.42 Å². The number of anilines is 1. The number of aryl methyl sites for hydroxylation is 1. The number of imidazole rings is 1. The minimum atomic E-state index is -3.67. The number of rotatable bonds is 8. The van der Waals surface area contributed by atoms with Gasteiger partial charge in [0.05, 0.1) is 4.90 Å². The molecule has 0 bridgehead atoms. The van der Waals surface area contributed by atoms with Gasteiger partial charge in [0.25, 0.3) is 10.0 Å². The molecule has 0 radical (unpaired) electrons. The number of benzene rings is 2. The van der Waals surface area contributed by atoms with Crippen LogP contribution in [0.5, 0.6) is 5.75 Å². The molecule has 7 heteroatoms. The highest BCUT2D eigenvalue weighted by atomic mass is 32.2. The van der Waals surface area contributed by atoms with Crippen molar-refractivity contribution >= 4 is 15.7 Å². The van der Waals surface area contributed by atoms with Crippen molar-refractivity contribution in [3.05, 3.63) is 84.7 Å². The van der Waals surface area contributed by atoms with Crippen LogP contribution in [0.2, 0.25) is 0 Å². The molecule has 168 valence electrons. The van der Waals surface area contributed by atoms with E-state index in [1.54, 1.807) is 18.2 Å². The Bertz CT molecular complexity index is 1180. The molecule has 0 aliphatic carbocycles. The average Bonchev–Trinajstić information content (AvgIpc) is 3.51. The molecule has 6 nitrogen and oxygen atoms in total. The van der Waals surface area contributed by atoms with E-state index in [1.807, 2.05) is 6.92 Å². The first-order chi connectivity index (χ1) is 15.4. The molecule has 0 spiro atoms. The number of hydrogen-bond acceptors (Lipinski definition) is 5. The fraction of sp³-hybridized carbons (Fsp3) is 0.320. The van der Waals surface area contributed by atoms with E-state index in [4.69, 9.17) is 4.74 Å². The van der Waals surface area contributed by atoms with Gasteiger partial charge in [0.2, 0.25) is 0 Å². The summed E-state index contributed by atoms with van der Waals surface area (Å²) in [5.41, 5.74) is 3.15. The molecule has 0 saturated carbocycles. The van der Waals surface area contributed by atoms with Crippen LogP contribution < -0.4 is 9.64 Å². The van der Waals surface area contributed by atoms with E-state index in [1.165, 1.54) is 37.3 Å². The third-order valence-electron chi connectivity index (χ3n) is 6.01. The molecule has 1 aliphatic heterocycles. The number of nitrogens with zero attached hydrogens (tertiary/aromatic N) is 3. The second kappa shape index (κ2) is 9.20. The predicted octanol–water partition coefficient (Wildman–Crippen LogP) is 5.12. The van der Waals surface area contributed by atoms with Crippen LogP contribution in [0.3, 0.4) is 0 Å². The molecule has 3 aromatic rings. The minimum absolute atomic E-state index is 0.0522. The topological polar surface area (TPSA) is 64.4 Å². The maximum Gasteiger partial charge on any atom is 0.268 e. The SMILES string of the molecule is C=C(Oc1ccc(S(=O)(=O)n2ccnc2)cc1C)C(CC)c1ccc(N2CCCC2)cc1. The lowest BCUT2D eigenvalue weighted by atomic mass is 9.94. The van der Waals surface area contributed by atoms with Crippen LogP contribution in [0.25, 0.3) is 0 Å². The van der Waals surface area contributed by atoms with E-state index < -0.39 is 10.0 Å². The molecule has 1 unspecified atom stereocenters. The van der Waals surface area contributed by atoms with Gasteiger partial charge in [0, 0.05) is 37.1 Å². The largest absolute Gasteiger partial charge is 0.461 e. The van der Waals surface area contributed by atoms with Crippen molar-refractivity contribution in [2.45, 2.75) is 43.9 Å². The highest BCUT2D eigenvalue weighted by Gasteiger charge is 2.20. The summed E-state index contributed by atoms with van der Waals surface area (Å²) in [5.74, 6) is 1.30. The Kier molecular flexibility index (Phi) is 6.37. The Morgan fingerprint density at radius 1 is 1.16 bits per heavy atom. The van der Waals surface area contributed by atoms with Crippen LogP contribution >= 0.6 is 0 Å². The highest BCUT2D eigenvalue weighted by Crippen LogP contribution is 2.32. The molecule has 1 aliphatic rings. The highest BCUT2D eigenvalue weighted by molar-refractivity contribution is 7.90. The summed E-state index contributed by atoms with van der Waals surface area (Å²) in [6, 6.07) is 13.5. The standard InChI is InChI=1S/C25H29N3O3S/c1-4-24(21-7-9-22(10-8-21)27-14-5-6-15-27)20(3)31-25-12-11-23(17-19(25)2)32(29,30)28-16-13-26-18-28/h7-13,16-18,24H,3-6,14-15H2,1-2H3. The van der Waals surface area contributed by atoms with Crippen LogP contribution in [0.15, 0.2) is 78.4 Å². The van der Waals surface area contributed by atoms with Gasteiger partial charge in [-0.3, -0.25) is 0 Å². The Morgan fingerprint density at radius 3 is 2.47 bits per heavy atom. The van der Waals surface area contributed by atoms with Crippen molar-refractivity contribution < 1.29 is 13.2 Å². The number of allylic oxidation sites excluding steroid dienone is 1. The van der Waals surface area contributed by atoms with E-state index in [2.05, 4.69) is 47.7 Å². The molecule has 1 atom stereocenters. The molecular formula is C25H29N3O3S. The summed E-state index contributed by atoms with van der Waals surface area (Å²) >= 11 is 0. The van der Waals surface area contributed by atoms with Crippen molar-refractivity contribution in [3.8, 4) is 5.75 Å². The average molecular weight is 452 g/mol. The van der Waals surface area contributed by atoms with E-state index in [0.29, 0.717) is 11.5 Å². The van der Waals surface area contributed by atoms with Gasteiger partial charge in [0.15, 0.2) is 0 Å². The van der Waals surface area contributed by atoms with Crippen molar-refractivity contribution in [1.82, 2.24) is 8.96 Å². The first-order valence-corrected chi connectivity index (χ1v) is 12.4. The zero-order valence-corrected chi connectivity index (χ0v) is 19.4. The lowest BCUT2D eigenvalue weighted by Crippen LogP contribution is -2.17. The summed E-state index contributed by atoms with van der Waals surface area (Å²) in [5, 5.41) is 0. The lowest BCUT2D eigenvalue weighted by Gasteiger charge is -2.22. The van der Waals surface area contributed by atoms with Gasteiger partial charge in [-0.2, -0.15) is 0 Å². The van der Waals surface area contributed by atoms with Crippen LogP contribution in [0.4, 0.5) is 5.69 Å². The van der Waals surface area contributed by atoms with Gasteiger partial charge < -0.3 is 9.64 Å². The second-order valence-electron chi connectivity index (χ2n) is 8.14. The molecule has 2 heterocycles. The number of hydrogen-bond donors (Lipinski definition) is 0. The first kappa shape index (κ1) is 22.1. The fourth-order valence-corrected chi connectivity index (χ4v) is 5.36. The van der Waals surface area contributed by atoms with Crippen molar-refractivity contribution in [1.29, 1.82) is 0 Å². The molecule has 1 saturated heterocycles. The van der Waals surface area contributed by atoms with Crippen molar-refractivity contribution in [2.75, 3.05) is 18.0 Å². The quantitative estimate of drug-likeness (QED) is 0.445. The summed E-state index contributed by atoms with van der Waals surface area (Å²) in [4.78, 5) is 6.43. The Balaban J connectivity index is 1.49. The Hall–Kier alpha value is -3.06. The molecule has 0 amide bonds. The van der Waals surface area contributed by atoms with Crippen LogP contribution in [-0.4, -0.2) is 30.5 Å². The zero-order valence-electron chi connectivity index (χ0n) is 18.6. The van der Waals surface area contributed by atoms with Gasteiger partial charge in [-0.25, -0.2) is 17.4 Å². The van der Waals surface area contributed by atoms with Gasteiger partial charge in [-0.05, 0) is 67.6 Å². The normalized spacial score (nSPS) is 15.0. The molecule has 1 aromatic heterocycles. The predicted molar refractivity (Wildman–Crippen MR) is 127 cm³/mol. The second-order valence-corrected chi connectivity index (χ2v) is 9.98. The molecule has 2 aromatic carbocycles. The molecule has 1 fully saturated rings. The van der Waals surface area contributed by atoms with Crippen LogP contribution in [0, 0.1) is 6.92 Å². The fourth-order valence-electron chi connectivity index (χ4n) is 4.16. The number of ether oxygens (including phenoxy) is 1. The smallest absolute Gasteiger partial charge is 0.268 e. The molecular weight excluding hydrogens is 422 g/mol. The maximum absolute atomic E-state index is 12.7. The Labute approximate surface area is 190 Å². The van der Waals surface area contributed by atoms with Crippen LogP contribution in [-0.2, 0) is 10.0 Å². The number of aromatic nitrogens is 2. The van der Waals surface area contributed by atoms with Crippen molar-refractivity contribution in [2.24, 2.45) is 0 Å². The zero-order chi connectivity index (χ0) is 22.7. The van der Waals surface area contributed by atoms with Gasteiger partial charge >= 0.3 is 0 Å². The summed E-state index contributed by atoms with van der Waals surface area (Å²) in [7, 11) is -3.67. The third kappa shape index (κ3) is 4.43. The lowest BCUT2D eigenvalue weighted by molar-refractivity contribution is 0.379. The summed E-state index contributed by atoms with van der Waals surface area (Å²) in [6.45, 7) is 10.4.